The van der Waals surface area contributed by atoms with E-state index in [2.05, 4.69) is 33.4 Å². The molecule has 0 saturated heterocycles. The highest BCUT2D eigenvalue weighted by Gasteiger charge is 2.00. The van der Waals surface area contributed by atoms with Gasteiger partial charge in [-0.3, -0.25) is 4.90 Å². The summed E-state index contributed by atoms with van der Waals surface area (Å²) in [4.78, 5) is 3.38. The van der Waals surface area contributed by atoms with Crippen LogP contribution in [-0.2, 0) is 6.42 Å². The van der Waals surface area contributed by atoms with Gasteiger partial charge in [0, 0.05) is 21.3 Å². The molecule has 70 valence electrons. The summed E-state index contributed by atoms with van der Waals surface area (Å²) >= 11 is 5.17. The summed E-state index contributed by atoms with van der Waals surface area (Å²) in [6.07, 6.45) is 1.02. The molecule has 0 spiro atoms. The lowest BCUT2D eigenvalue weighted by Gasteiger charge is -2.10. The maximum atomic E-state index is 8.44. The molecule has 0 unspecified atom stereocenters. The van der Waals surface area contributed by atoms with Gasteiger partial charge in [-0.25, -0.2) is 0 Å². The van der Waals surface area contributed by atoms with Gasteiger partial charge in [-0.15, -0.1) is 11.3 Å². The first kappa shape index (κ1) is 10.7. The van der Waals surface area contributed by atoms with Crippen LogP contribution in [-0.4, -0.2) is 25.0 Å². The fourth-order valence-electron chi connectivity index (χ4n) is 0.986. The Morgan fingerprint density at radius 2 is 2.46 bits per heavy atom. The van der Waals surface area contributed by atoms with Crippen molar-refractivity contribution in [3.05, 3.63) is 20.8 Å². The number of rotatable bonds is 4. The molecule has 13 heavy (non-hydrogen) atoms. The summed E-state index contributed by atoms with van der Waals surface area (Å²) in [5.74, 6) is 0. The molecule has 0 radical (unpaired) electrons. The predicted octanol–water partition coefficient (Wildman–Crippen LogP) is 2.51. The van der Waals surface area contributed by atoms with Crippen molar-refractivity contribution in [3.8, 4) is 6.07 Å². The normalized spacial score (nSPS) is 10.3. The van der Waals surface area contributed by atoms with E-state index < -0.39 is 0 Å². The van der Waals surface area contributed by atoms with Gasteiger partial charge in [0.05, 0.1) is 12.6 Å². The third-order valence-corrected chi connectivity index (χ3v) is 3.46. The second-order valence-corrected chi connectivity index (χ2v) is 4.79. The number of likely N-dealkylation sites (N-methyl/N-ethyl adjacent to an activating group) is 1. The van der Waals surface area contributed by atoms with Crippen molar-refractivity contribution >= 4 is 27.3 Å². The van der Waals surface area contributed by atoms with E-state index >= 15 is 0 Å². The molecule has 0 aromatic carbocycles. The monoisotopic (exact) mass is 258 g/mol. The smallest absolute Gasteiger partial charge is 0.0863 e. The number of hydrogen-bond acceptors (Lipinski definition) is 3. The van der Waals surface area contributed by atoms with Crippen LogP contribution in [0.25, 0.3) is 0 Å². The van der Waals surface area contributed by atoms with Crippen LogP contribution in [0.15, 0.2) is 15.9 Å². The topological polar surface area (TPSA) is 27.0 Å². The summed E-state index contributed by atoms with van der Waals surface area (Å²) in [5, 5.41) is 10.5. The Morgan fingerprint density at radius 1 is 1.69 bits per heavy atom. The lowest BCUT2D eigenvalue weighted by Crippen LogP contribution is -2.20. The molecule has 0 aliphatic rings. The lowest BCUT2D eigenvalue weighted by atomic mass is 10.3. The fourth-order valence-corrected chi connectivity index (χ4v) is 2.43. The second-order valence-electron chi connectivity index (χ2n) is 2.88. The number of hydrogen-bond donors (Lipinski definition) is 0. The van der Waals surface area contributed by atoms with Gasteiger partial charge in [0.15, 0.2) is 0 Å². The molecule has 0 amide bonds. The van der Waals surface area contributed by atoms with Gasteiger partial charge in [0.25, 0.3) is 0 Å². The van der Waals surface area contributed by atoms with E-state index in [-0.39, 0.29) is 0 Å². The van der Waals surface area contributed by atoms with E-state index in [4.69, 9.17) is 5.26 Å². The van der Waals surface area contributed by atoms with Gasteiger partial charge in [0.2, 0.25) is 0 Å². The van der Waals surface area contributed by atoms with E-state index in [0.29, 0.717) is 6.54 Å². The largest absolute Gasteiger partial charge is 0.293 e. The van der Waals surface area contributed by atoms with E-state index in [1.807, 2.05) is 11.9 Å². The summed E-state index contributed by atoms with van der Waals surface area (Å²) in [6, 6.07) is 4.26. The second kappa shape index (κ2) is 5.38. The number of nitriles is 1. The molecule has 4 heteroatoms. The third kappa shape index (κ3) is 3.90. The highest BCUT2D eigenvalue weighted by atomic mass is 79.9. The van der Waals surface area contributed by atoms with Crippen molar-refractivity contribution in [1.29, 1.82) is 5.26 Å². The molecule has 0 atom stereocenters. The van der Waals surface area contributed by atoms with Gasteiger partial charge in [0.1, 0.15) is 0 Å². The minimum absolute atomic E-state index is 0.506. The number of nitrogens with zero attached hydrogens (tertiary/aromatic N) is 2. The zero-order valence-corrected chi connectivity index (χ0v) is 9.86. The maximum Gasteiger partial charge on any atom is 0.0863 e. The van der Waals surface area contributed by atoms with Gasteiger partial charge in [-0.05, 0) is 35.5 Å². The Morgan fingerprint density at radius 3 is 3.00 bits per heavy atom. The summed E-state index contributed by atoms with van der Waals surface area (Å²) in [6.45, 7) is 1.45. The molecule has 1 aromatic heterocycles. The average Bonchev–Trinajstić information content (AvgIpc) is 2.49. The molecule has 0 N–H and O–H groups in total. The maximum absolute atomic E-state index is 8.44. The third-order valence-electron chi connectivity index (χ3n) is 1.70. The van der Waals surface area contributed by atoms with Crippen LogP contribution in [0.1, 0.15) is 4.88 Å². The van der Waals surface area contributed by atoms with E-state index in [1.165, 1.54) is 4.88 Å². The van der Waals surface area contributed by atoms with Gasteiger partial charge in [-0.2, -0.15) is 5.26 Å². The minimum Gasteiger partial charge on any atom is -0.293 e. The van der Waals surface area contributed by atoms with Crippen LogP contribution in [0, 0.1) is 11.3 Å². The Hall–Kier alpha value is -0.370. The predicted molar refractivity (Wildman–Crippen MR) is 58.8 cm³/mol. The average molecular weight is 259 g/mol. The lowest BCUT2D eigenvalue weighted by molar-refractivity contribution is 0.380. The zero-order chi connectivity index (χ0) is 9.68. The number of thiophene rings is 1. The van der Waals surface area contributed by atoms with E-state index in [0.717, 1.165) is 17.4 Å². The van der Waals surface area contributed by atoms with Crippen LogP contribution in [0.3, 0.4) is 0 Å². The zero-order valence-electron chi connectivity index (χ0n) is 7.46. The first-order valence-corrected chi connectivity index (χ1v) is 5.68. The summed E-state index contributed by atoms with van der Waals surface area (Å²) in [7, 11) is 1.96. The van der Waals surface area contributed by atoms with E-state index in [9.17, 15) is 0 Å². The van der Waals surface area contributed by atoms with Crippen molar-refractivity contribution < 1.29 is 0 Å². The first-order valence-electron chi connectivity index (χ1n) is 4.01. The fraction of sp³-hybridized carbons (Fsp3) is 0.444. The van der Waals surface area contributed by atoms with Crippen molar-refractivity contribution in [2.24, 2.45) is 0 Å². The standard InChI is InChI=1S/C9H11BrN2S/c1-12(5-3-11)4-2-9-6-8(10)7-13-9/h6-7H,2,4-5H2,1H3. The van der Waals surface area contributed by atoms with Crippen molar-refractivity contribution in [3.63, 3.8) is 0 Å². The first-order chi connectivity index (χ1) is 6.22. The number of halogens is 1. The molecule has 1 aromatic rings. The SMILES string of the molecule is CN(CC#N)CCc1cc(Br)cs1. The van der Waals surface area contributed by atoms with Gasteiger partial charge >= 0.3 is 0 Å². The molecule has 0 saturated carbocycles. The molecule has 2 nitrogen and oxygen atoms in total. The molecule has 1 rings (SSSR count). The highest BCUT2D eigenvalue weighted by molar-refractivity contribution is 9.10. The van der Waals surface area contributed by atoms with Crippen LogP contribution in [0.4, 0.5) is 0 Å². The Balaban J connectivity index is 2.31. The van der Waals surface area contributed by atoms with Crippen LogP contribution in [0.5, 0.6) is 0 Å². The Bertz CT molecular complexity index is 303. The van der Waals surface area contributed by atoms with Crippen LogP contribution >= 0.6 is 27.3 Å². The molecule has 0 aliphatic carbocycles. The minimum atomic E-state index is 0.506. The molecular formula is C9H11BrN2S. The highest BCUT2D eigenvalue weighted by Crippen LogP contribution is 2.19. The molecular weight excluding hydrogens is 248 g/mol. The van der Waals surface area contributed by atoms with Crippen LogP contribution in [0.2, 0.25) is 0 Å². The van der Waals surface area contributed by atoms with Crippen molar-refractivity contribution in [1.82, 2.24) is 4.90 Å². The van der Waals surface area contributed by atoms with Crippen molar-refractivity contribution in [2.45, 2.75) is 6.42 Å². The Labute approximate surface area is 90.9 Å². The van der Waals surface area contributed by atoms with Crippen molar-refractivity contribution in [2.75, 3.05) is 20.1 Å². The summed E-state index contributed by atoms with van der Waals surface area (Å²) < 4.78 is 1.15. The van der Waals surface area contributed by atoms with E-state index in [1.54, 1.807) is 11.3 Å². The quantitative estimate of drug-likeness (QED) is 0.777. The Kier molecular flexibility index (Phi) is 4.43. The summed E-state index contributed by atoms with van der Waals surface area (Å²) in [5.41, 5.74) is 0. The van der Waals surface area contributed by atoms with Gasteiger partial charge in [-0.1, -0.05) is 0 Å². The molecule has 0 fully saturated rings. The molecule has 1 heterocycles. The van der Waals surface area contributed by atoms with Gasteiger partial charge < -0.3 is 0 Å². The molecule has 0 bridgehead atoms. The molecule has 0 aliphatic heterocycles. The van der Waals surface area contributed by atoms with Crippen LogP contribution < -0.4 is 0 Å².